The number of nitrogens with zero attached hydrogens (tertiary/aromatic N) is 3. The Hall–Kier alpha value is -2.72. The van der Waals surface area contributed by atoms with Gasteiger partial charge in [-0.2, -0.15) is 0 Å². The lowest BCUT2D eigenvalue weighted by Gasteiger charge is -2.21. The Morgan fingerprint density at radius 3 is 2.62 bits per heavy atom. The number of hydrogen-bond acceptors (Lipinski definition) is 7. The summed E-state index contributed by atoms with van der Waals surface area (Å²) in [6.45, 7) is 2.81. The number of ether oxygens (including phenoxy) is 1. The molecule has 1 N–H and O–H groups in total. The lowest BCUT2D eigenvalue weighted by atomic mass is 9.89. The van der Waals surface area contributed by atoms with Gasteiger partial charge in [0.05, 0.1) is 12.9 Å². The van der Waals surface area contributed by atoms with Crippen molar-refractivity contribution in [1.82, 2.24) is 14.8 Å². The molecule has 0 aliphatic heterocycles. The number of aromatic nitrogens is 3. The summed E-state index contributed by atoms with van der Waals surface area (Å²) in [5.74, 6) is 0.394. The van der Waals surface area contributed by atoms with Gasteiger partial charge >= 0.3 is 5.97 Å². The minimum atomic E-state index is -0.564. The maximum absolute atomic E-state index is 13.3. The highest BCUT2D eigenvalue weighted by molar-refractivity contribution is 7.99. The van der Waals surface area contributed by atoms with Crippen LogP contribution in [0, 0.1) is 5.82 Å². The molecule has 34 heavy (non-hydrogen) atoms. The number of carbonyl (C=O) groups is 2. The van der Waals surface area contributed by atoms with E-state index in [1.807, 2.05) is 0 Å². The third-order valence-corrected chi connectivity index (χ3v) is 7.82. The van der Waals surface area contributed by atoms with Crippen molar-refractivity contribution in [2.45, 2.75) is 56.6 Å². The standard InChI is InChI=1S/C24H27FN4O3S2/c1-3-29-21(16-7-5-4-6-8-16)27-28-24(29)34-14-19(30)26-22-20(23(31)32-2)18(13-33-22)15-9-11-17(25)12-10-15/h9-13,16H,3-8,14H2,1-2H3,(H,26,30). The summed E-state index contributed by atoms with van der Waals surface area (Å²) in [5, 5.41) is 14.5. The molecule has 1 fully saturated rings. The minimum Gasteiger partial charge on any atom is -0.465 e. The van der Waals surface area contributed by atoms with Crippen molar-refractivity contribution < 1.29 is 18.7 Å². The van der Waals surface area contributed by atoms with Crippen LogP contribution in [0.5, 0.6) is 0 Å². The Morgan fingerprint density at radius 1 is 1.21 bits per heavy atom. The number of anilines is 1. The number of rotatable bonds is 8. The molecular formula is C24H27FN4O3S2. The van der Waals surface area contributed by atoms with Gasteiger partial charge in [0.15, 0.2) is 5.16 Å². The van der Waals surface area contributed by atoms with Gasteiger partial charge in [-0.15, -0.1) is 21.5 Å². The van der Waals surface area contributed by atoms with E-state index in [9.17, 15) is 14.0 Å². The molecule has 2 heterocycles. The summed E-state index contributed by atoms with van der Waals surface area (Å²) in [7, 11) is 1.29. The molecule has 0 radical (unpaired) electrons. The number of thiophene rings is 1. The average Bonchev–Trinajstić information content (AvgIpc) is 3.47. The number of amides is 1. The summed E-state index contributed by atoms with van der Waals surface area (Å²) < 4.78 is 20.4. The van der Waals surface area contributed by atoms with Crippen molar-refractivity contribution in [1.29, 1.82) is 0 Å². The fraction of sp³-hybridized carbons (Fsp3) is 0.417. The third kappa shape index (κ3) is 5.33. The van der Waals surface area contributed by atoms with Crippen LogP contribution in [0.2, 0.25) is 0 Å². The summed E-state index contributed by atoms with van der Waals surface area (Å²) in [6, 6.07) is 5.84. The number of esters is 1. The van der Waals surface area contributed by atoms with Crippen LogP contribution in [0.1, 0.15) is 61.1 Å². The molecule has 1 saturated carbocycles. The molecule has 4 rings (SSSR count). The molecule has 7 nitrogen and oxygen atoms in total. The summed E-state index contributed by atoms with van der Waals surface area (Å²) >= 11 is 2.56. The fourth-order valence-electron chi connectivity index (χ4n) is 4.26. The summed E-state index contributed by atoms with van der Waals surface area (Å²) in [4.78, 5) is 25.2. The largest absolute Gasteiger partial charge is 0.465 e. The predicted octanol–water partition coefficient (Wildman–Crippen LogP) is 5.73. The van der Waals surface area contributed by atoms with E-state index in [1.54, 1.807) is 17.5 Å². The normalized spacial score (nSPS) is 14.2. The first-order chi connectivity index (χ1) is 16.5. The van der Waals surface area contributed by atoms with Crippen molar-refractivity contribution in [2.24, 2.45) is 0 Å². The Bertz CT molecular complexity index is 1150. The molecule has 1 aromatic carbocycles. The van der Waals surface area contributed by atoms with Gasteiger partial charge in [-0.05, 0) is 37.5 Å². The number of benzene rings is 1. The fourth-order valence-corrected chi connectivity index (χ4v) is 6.04. The van der Waals surface area contributed by atoms with Gasteiger partial charge in [0, 0.05) is 23.4 Å². The molecule has 0 unspecified atom stereocenters. The first-order valence-electron chi connectivity index (χ1n) is 11.3. The lowest BCUT2D eigenvalue weighted by Crippen LogP contribution is -2.17. The van der Waals surface area contributed by atoms with E-state index in [0.29, 0.717) is 22.0 Å². The Morgan fingerprint density at radius 2 is 1.94 bits per heavy atom. The molecule has 0 bridgehead atoms. The van der Waals surface area contributed by atoms with Crippen molar-refractivity contribution in [3.63, 3.8) is 0 Å². The smallest absolute Gasteiger partial charge is 0.341 e. The van der Waals surface area contributed by atoms with Crippen LogP contribution >= 0.6 is 23.1 Å². The number of nitrogens with one attached hydrogen (secondary N) is 1. The van der Waals surface area contributed by atoms with Gasteiger partial charge in [-0.3, -0.25) is 4.79 Å². The third-order valence-electron chi connectivity index (χ3n) is 5.95. The number of carbonyl (C=O) groups excluding carboxylic acids is 2. The molecule has 2 aromatic heterocycles. The molecule has 10 heteroatoms. The molecule has 0 spiro atoms. The van der Waals surface area contributed by atoms with E-state index >= 15 is 0 Å². The highest BCUT2D eigenvalue weighted by Crippen LogP contribution is 2.37. The maximum atomic E-state index is 13.3. The van der Waals surface area contributed by atoms with Gasteiger partial charge < -0.3 is 14.6 Å². The van der Waals surface area contributed by atoms with Gasteiger partial charge in [0.2, 0.25) is 5.91 Å². The van der Waals surface area contributed by atoms with Crippen LogP contribution < -0.4 is 5.32 Å². The minimum absolute atomic E-state index is 0.132. The van der Waals surface area contributed by atoms with Gasteiger partial charge in [0.25, 0.3) is 0 Å². The second-order valence-electron chi connectivity index (χ2n) is 8.11. The molecule has 180 valence electrons. The molecule has 1 aliphatic carbocycles. The number of methoxy groups -OCH3 is 1. The van der Waals surface area contributed by atoms with Crippen LogP contribution in [-0.4, -0.2) is 39.5 Å². The zero-order valence-corrected chi connectivity index (χ0v) is 20.8. The number of hydrogen-bond donors (Lipinski definition) is 1. The molecular weight excluding hydrogens is 475 g/mol. The van der Waals surface area contributed by atoms with Gasteiger partial charge in [0.1, 0.15) is 22.2 Å². The Labute approximate surface area is 206 Å². The van der Waals surface area contributed by atoms with Crippen molar-refractivity contribution in [3.8, 4) is 11.1 Å². The van der Waals surface area contributed by atoms with Crippen LogP contribution in [-0.2, 0) is 16.1 Å². The zero-order chi connectivity index (χ0) is 24.1. The van der Waals surface area contributed by atoms with E-state index in [-0.39, 0.29) is 23.0 Å². The van der Waals surface area contributed by atoms with Gasteiger partial charge in [-0.25, -0.2) is 9.18 Å². The average molecular weight is 503 g/mol. The lowest BCUT2D eigenvalue weighted by molar-refractivity contribution is -0.113. The van der Waals surface area contributed by atoms with E-state index in [1.165, 1.54) is 61.6 Å². The second kappa shape index (κ2) is 11.1. The summed E-state index contributed by atoms with van der Waals surface area (Å²) in [6.07, 6.45) is 5.98. The predicted molar refractivity (Wildman–Crippen MR) is 132 cm³/mol. The summed E-state index contributed by atoms with van der Waals surface area (Å²) in [5.41, 5.74) is 1.51. The SMILES string of the molecule is CCn1c(SCC(=O)Nc2scc(-c3ccc(F)cc3)c2C(=O)OC)nnc1C1CCCCC1. The highest BCUT2D eigenvalue weighted by Gasteiger charge is 2.25. The van der Waals surface area contributed by atoms with Crippen LogP contribution in [0.4, 0.5) is 9.39 Å². The number of thioether (sulfide) groups is 1. The maximum Gasteiger partial charge on any atom is 0.341 e. The van der Waals surface area contributed by atoms with Crippen molar-refractivity contribution >= 4 is 40.0 Å². The van der Waals surface area contributed by atoms with E-state index < -0.39 is 5.97 Å². The van der Waals surface area contributed by atoms with Crippen LogP contribution in [0.15, 0.2) is 34.8 Å². The quantitative estimate of drug-likeness (QED) is 0.313. The van der Waals surface area contributed by atoms with Crippen molar-refractivity contribution in [2.75, 3.05) is 18.2 Å². The van der Waals surface area contributed by atoms with E-state index in [2.05, 4.69) is 27.0 Å². The molecule has 1 amide bonds. The van der Waals surface area contributed by atoms with Crippen LogP contribution in [0.3, 0.4) is 0 Å². The first-order valence-corrected chi connectivity index (χ1v) is 13.2. The number of halogens is 1. The zero-order valence-electron chi connectivity index (χ0n) is 19.2. The van der Waals surface area contributed by atoms with E-state index in [0.717, 1.165) is 30.4 Å². The van der Waals surface area contributed by atoms with E-state index in [4.69, 9.17) is 4.74 Å². The Balaban J connectivity index is 1.47. The molecule has 0 atom stereocenters. The molecule has 1 aliphatic rings. The van der Waals surface area contributed by atoms with Crippen LogP contribution in [0.25, 0.3) is 11.1 Å². The highest BCUT2D eigenvalue weighted by atomic mass is 32.2. The first kappa shape index (κ1) is 24.4. The van der Waals surface area contributed by atoms with Crippen molar-refractivity contribution in [3.05, 3.63) is 46.9 Å². The topological polar surface area (TPSA) is 86.1 Å². The van der Waals surface area contributed by atoms with Gasteiger partial charge in [-0.1, -0.05) is 43.2 Å². The molecule has 0 saturated heterocycles. The second-order valence-corrected chi connectivity index (χ2v) is 9.93. The monoisotopic (exact) mass is 502 g/mol. The Kier molecular flexibility index (Phi) is 7.99. The molecule has 3 aromatic rings.